The van der Waals surface area contributed by atoms with Gasteiger partial charge in [-0.2, -0.15) is 5.10 Å². The minimum absolute atomic E-state index is 0.360. The zero-order valence-electron chi connectivity index (χ0n) is 20.4. The Morgan fingerprint density at radius 1 is 0.676 bits per heavy atom. The van der Waals surface area contributed by atoms with Crippen molar-refractivity contribution in [3.05, 3.63) is 48.8 Å². The van der Waals surface area contributed by atoms with Gasteiger partial charge in [-0.1, -0.05) is 0 Å². The molecule has 11 heteroatoms. The molecule has 1 aliphatic rings. The fraction of sp³-hybridized carbons (Fsp3) is 0.385. The molecular formula is C26H30N4O7. The second kappa shape index (κ2) is 13.1. The van der Waals surface area contributed by atoms with Gasteiger partial charge in [0, 0.05) is 16.6 Å². The molecule has 0 radical (unpaired) electrons. The molecule has 0 aliphatic carbocycles. The number of nitrogens with zero attached hydrogens (tertiary/aromatic N) is 2. The number of oxazole rings is 1. The van der Waals surface area contributed by atoms with Gasteiger partial charge in [-0.15, -0.1) is 0 Å². The minimum atomic E-state index is 0.360. The number of rotatable bonds is 3. The second-order valence-electron chi connectivity index (χ2n) is 8.13. The van der Waals surface area contributed by atoms with Gasteiger partial charge in [0.05, 0.1) is 70.8 Å². The van der Waals surface area contributed by atoms with Crippen LogP contribution in [0, 0.1) is 0 Å². The molecule has 11 nitrogen and oxygen atoms in total. The molecule has 0 amide bonds. The topological polar surface area (TPSA) is 122 Å². The van der Waals surface area contributed by atoms with Crippen LogP contribution in [-0.4, -0.2) is 81.3 Å². The summed E-state index contributed by atoms with van der Waals surface area (Å²) in [5, 5.41) is 11.2. The quantitative estimate of drug-likeness (QED) is 0.421. The van der Waals surface area contributed by atoms with Crippen molar-refractivity contribution in [2.24, 2.45) is 0 Å². The molecule has 4 aromatic rings. The fourth-order valence-electron chi connectivity index (χ4n) is 3.69. The van der Waals surface area contributed by atoms with E-state index in [4.69, 9.17) is 32.8 Å². The summed E-state index contributed by atoms with van der Waals surface area (Å²) in [7, 11) is 0. The maximum atomic E-state index is 5.99. The van der Waals surface area contributed by atoms with Crippen molar-refractivity contribution in [2.75, 3.05) is 71.4 Å². The second-order valence-corrected chi connectivity index (χ2v) is 8.13. The van der Waals surface area contributed by atoms with E-state index in [1.165, 1.54) is 0 Å². The van der Waals surface area contributed by atoms with Gasteiger partial charge in [0.2, 0.25) is 0 Å². The lowest BCUT2D eigenvalue weighted by atomic mass is 10.1. The van der Waals surface area contributed by atoms with Gasteiger partial charge in [-0.25, -0.2) is 4.98 Å². The summed E-state index contributed by atoms with van der Waals surface area (Å²) in [6.07, 6.45) is 3.44. The van der Waals surface area contributed by atoms with Gasteiger partial charge in [0.25, 0.3) is 6.01 Å². The first kappa shape index (κ1) is 25.0. The molecule has 5 rings (SSSR count). The number of benzene rings is 2. The smallest absolute Gasteiger partial charge is 0.299 e. The number of nitrogens with one attached hydrogen (secondary N) is 2. The van der Waals surface area contributed by atoms with Gasteiger partial charge in [0.15, 0.2) is 17.3 Å². The first-order valence-electron chi connectivity index (χ1n) is 12.2. The number of hydrogen-bond acceptors (Lipinski definition) is 10. The van der Waals surface area contributed by atoms with Crippen LogP contribution >= 0.6 is 0 Å². The number of fused-ring (bicyclic) bond motifs is 2. The van der Waals surface area contributed by atoms with Crippen molar-refractivity contribution in [1.29, 1.82) is 0 Å². The Morgan fingerprint density at radius 3 is 2.08 bits per heavy atom. The minimum Gasteiger partial charge on any atom is -0.487 e. The van der Waals surface area contributed by atoms with E-state index in [1.807, 2.05) is 36.4 Å². The van der Waals surface area contributed by atoms with Crippen LogP contribution in [0.15, 0.2) is 53.2 Å². The molecule has 0 saturated carbocycles. The monoisotopic (exact) mass is 510 g/mol. The van der Waals surface area contributed by atoms with E-state index in [0.29, 0.717) is 89.3 Å². The van der Waals surface area contributed by atoms with E-state index in [1.54, 1.807) is 12.4 Å². The van der Waals surface area contributed by atoms with Gasteiger partial charge < -0.3 is 38.2 Å². The maximum Gasteiger partial charge on any atom is 0.299 e. The van der Waals surface area contributed by atoms with Crippen LogP contribution in [0.3, 0.4) is 0 Å². The summed E-state index contributed by atoms with van der Waals surface area (Å²) >= 11 is 0. The van der Waals surface area contributed by atoms with Crippen LogP contribution in [0.1, 0.15) is 0 Å². The Morgan fingerprint density at radius 2 is 1.35 bits per heavy atom. The van der Waals surface area contributed by atoms with E-state index in [2.05, 4.69) is 20.5 Å². The highest BCUT2D eigenvalue weighted by Gasteiger charge is 2.13. The Bertz CT molecular complexity index is 1260. The van der Waals surface area contributed by atoms with Crippen molar-refractivity contribution >= 4 is 22.6 Å². The van der Waals surface area contributed by atoms with Crippen molar-refractivity contribution < 1.29 is 32.8 Å². The lowest BCUT2D eigenvalue weighted by molar-refractivity contribution is -0.00841. The first-order valence-corrected chi connectivity index (χ1v) is 12.2. The first-order chi connectivity index (χ1) is 18.3. The summed E-state index contributed by atoms with van der Waals surface area (Å²) in [6, 6.07) is 11.8. The van der Waals surface area contributed by atoms with Crippen LogP contribution in [0.4, 0.5) is 11.7 Å². The third kappa shape index (κ3) is 7.20. The van der Waals surface area contributed by atoms with Crippen LogP contribution in [0.5, 0.6) is 11.5 Å². The molecule has 0 bridgehead atoms. The molecule has 0 unspecified atom stereocenters. The molecule has 0 fully saturated rings. The summed E-state index contributed by atoms with van der Waals surface area (Å²) in [5.41, 5.74) is 2.61. The van der Waals surface area contributed by atoms with E-state index in [0.717, 1.165) is 22.2 Å². The van der Waals surface area contributed by atoms with Crippen LogP contribution in [-0.2, 0) is 18.9 Å². The Kier molecular flexibility index (Phi) is 8.84. The third-order valence-corrected chi connectivity index (χ3v) is 5.51. The fourth-order valence-corrected chi connectivity index (χ4v) is 3.69. The summed E-state index contributed by atoms with van der Waals surface area (Å²) < 4.78 is 40.0. The Balaban J connectivity index is 1.25. The molecule has 3 heterocycles. The van der Waals surface area contributed by atoms with Crippen molar-refractivity contribution in [3.63, 3.8) is 0 Å². The van der Waals surface area contributed by atoms with Crippen LogP contribution < -0.4 is 14.8 Å². The van der Waals surface area contributed by atoms with E-state index in [9.17, 15) is 0 Å². The zero-order valence-corrected chi connectivity index (χ0v) is 20.4. The van der Waals surface area contributed by atoms with Gasteiger partial charge in [-0.05, 0) is 36.4 Å². The van der Waals surface area contributed by atoms with E-state index < -0.39 is 0 Å². The maximum absolute atomic E-state index is 5.99. The number of aromatic amines is 1. The largest absolute Gasteiger partial charge is 0.487 e. The van der Waals surface area contributed by atoms with Gasteiger partial charge in [-0.3, -0.25) is 5.10 Å². The Hall–Kier alpha value is -3.64. The van der Waals surface area contributed by atoms with Crippen molar-refractivity contribution in [1.82, 2.24) is 15.2 Å². The number of ether oxygens (including phenoxy) is 6. The number of aromatic nitrogens is 3. The van der Waals surface area contributed by atoms with Crippen molar-refractivity contribution in [3.8, 4) is 22.8 Å². The predicted molar refractivity (Wildman–Crippen MR) is 136 cm³/mol. The zero-order chi connectivity index (χ0) is 25.1. The van der Waals surface area contributed by atoms with Gasteiger partial charge in [0.1, 0.15) is 13.2 Å². The molecule has 0 atom stereocenters. The molecule has 0 spiro atoms. The third-order valence-electron chi connectivity index (χ3n) is 5.51. The van der Waals surface area contributed by atoms with Crippen LogP contribution in [0.25, 0.3) is 22.2 Å². The number of hydrogen-bond donors (Lipinski definition) is 2. The summed E-state index contributed by atoms with van der Waals surface area (Å²) in [4.78, 5) is 4.37. The summed E-state index contributed by atoms with van der Waals surface area (Å²) in [5.74, 6) is 1.78. The molecule has 2 aromatic carbocycles. The highest BCUT2D eigenvalue weighted by molar-refractivity contribution is 5.82. The lowest BCUT2D eigenvalue weighted by Gasteiger charge is -2.15. The highest BCUT2D eigenvalue weighted by Crippen LogP contribution is 2.34. The standard InChI is InChI=1S/C26H30N4O7/c1-4-23-24(36-14-12-34-10-8-32-6-5-31-7-9-33-11-13-35-23)16-19(1)25-18-27-26(37-25)29-21-2-3-22-20(15-21)17-28-30-22/h1-4,15-18H,5-14H2,(H,27,29)(H,28,30). The van der Waals surface area contributed by atoms with Crippen LogP contribution in [0.2, 0.25) is 0 Å². The average molecular weight is 511 g/mol. The predicted octanol–water partition coefficient (Wildman–Crippen LogP) is 3.80. The SMILES string of the molecule is c1cc2[nH]ncc2cc1Nc1ncc(-c2ccc3c(c2)OCCOCCOCCOCCOCCO3)o1. The van der Waals surface area contributed by atoms with E-state index >= 15 is 0 Å². The molecule has 2 aromatic heterocycles. The number of anilines is 2. The Labute approximate surface area is 214 Å². The number of H-pyrrole nitrogens is 1. The lowest BCUT2D eigenvalue weighted by Crippen LogP contribution is -2.16. The average Bonchev–Trinajstić information content (AvgIpc) is 3.58. The molecular weight excluding hydrogens is 480 g/mol. The van der Waals surface area contributed by atoms with E-state index in [-0.39, 0.29) is 0 Å². The van der Waals surface area contributed by atoms with Gasteiger partial charge >= 0.3 is 0 Å². The highest BCUT2D eigenvalue weighted by atomic mass is 16.6. The normalized spacial score (nSPS) is 16.6. The molecule has 2 N–H and O–H groups in total. The molecule has 1 aliphatic heterocycles. The molecule has 0 saturated heterocycles. The molecule has 196 valence electrons. The molecule has 37 heavy (non-hydrogen) atoms. The summed E-state index contributed by atoms with van der Waals surface area (Å²) in [6.45, 7) is 4.64. The van der Waals surface area contributed by atoms with Crippen molar-refractivity contribution in [2.45, 2.75) is 0 Å².